The highest BCUT2D eigenvalue weighted by Gasteiger charge is 2.28. The second-order valence-corrected chi connectivity index (χ2v) is 5.80. The molecule has 1 unspecified atom stereocenters. The first kappa shape index (κ1) is 16.5. The fourth-order valence-electron chi connectivity index (χ4n) is 2.37. The molecule has 7 heteroatoms. The average Bonchev–Trinajstić information content (AvgIpc) is 2.56. The minimum absolute atomic E-state index is 0.138. The van der Waals surface area contributed by atoms with Gasteiger partial charge in [-0.1, -0.05) is 29.3 Å². The van der Waals surface area contributed by atoms with E-state index < -0.39 is 12.3 Å². The fraction of sp³-hybridized carbons (Fsp3) is 0.118. The van der Waals surface area contributed by atoms with Gasteiger partial charge < -0.3 is 19.3 Å². The Morgan fingerprint density at radius 3 is 2.62 bits per heavy atom. The van der Waals surface area contributed by atoms with Crippen LogP contribution in [-0.2, 0) is 4.74 Å². The summed E-state index contributed by atoms with van der Waals surface area (Å²) in [6.45, 7) is 0. The van der Waals surface area contributed by atoms with Crippen molar-refractivity contribution in [2.75, 3.05) is 7.11 Å². The summed E-state index contributed by atoms with van der Waals surface area (Å²) in [5.74, 6) is 1.30. The van der Waals surface area contributed by atoms with Crippen molar-refractivity contribution in [3.05, 3.63) is 63.3 Å². The SMILES string of the molecule is COc1ccc2c(c1)OC(c1ccc(Cl)c(Cl)c1)C(OC(=O)O)=C2. The zero-order valence-electron chi connectivity index (χ0n) is 12.5. The maximum absolute atomic E-state index is 11.0. The van der Waals surface area contributed by atoms with Crippen molar-refractivity contribution >= 4 is 35.4 Å². The van der Waals surface area contributed by atoms with Gasteiger partial charge in [-0.05, 0) is 30.3 Å². The van der Waals surface area contributed by atoms with Crippen LogP contribution in [0.15, 0.2) is 42.2 Å². The molecule has 0 fully saturated rings. The van der Waals surface area contributed by atoms with Gasteiger partial charge in [-0.25, -0.2) is 4.79 Å². The molecule has 0 spiro atoms. The summed E-state index contributed by atoms with van der Waals surface area (Å²) in [6, 6.07) is 10.1. The molecule has 0 radical (unpaired) electrons. The fourth-order valence-corrected chi connectivity index (χ4v) is 2.68. The molecule has 5 nitrogen and oxygen atoms in total. The topological polar surface area (TPSA) is 65.0 Å². The maximum atomic E-state index is 11.0. The van der Waals surface area contributed by atoms with Crippen LogP contribution >= 0.6 is 23.2 Å². The van der Waals surface area contributed by atoms with E-state index in [1.165, 1.54) is 0 Å². The standard InChI is InChI=1S/C17H12Cl2O5/c1-22-11-4-2-9-7-15(24-17(20)21)16(23-14(9)8-11)10-3-5-12(18)13(19)6-10/h2-8,16H,1H3,(H,20,21). The van der Waals surface area contributed by atoms with Crippen molar-refractivity contribution in [3.8, 4) is 11.5 Å². The molecule has 1 aliphatic rings. The summed E-state index contributed by atoms with van der Waals surface area (Å²) in [4.78, 5) is 11.0. The molecule has 3 rings (SSSR count). The van der Waals surface area contributed by atoms with Gasteiger partial charge in [0.2, 0.25) is 0 Å². The molecule has 2 aromatic carbocycles. The predicted molar refractivity (Wildman–Crippen MR) is 89.9 cm³/mol. The highest BCUT2D eigenvalue weighted by atomic mass is 35.5. The van der Waals surface area contributed by atoms with Gasteiger partial charge in [0, 0.05) is 17.2 Å². The van der Waals surface area contributed by atoms with Crippen LogP contribution in [0.5, 0.6) is 11.5 Å². The van der Waals surface area contributed by atoms with Gasteiger partial charge in [-0.15, -0.1) is 0 Å². The van der Waals surface area contributed by atoms with Crippen LogP contribution in [0.2, 0.25) is 10.0 Å². The van der Waals surface area contributed by atoms with Crippen LogP contribution < -0.4 is 9.47 Å². The molecule has 24 heavy (non-hydrogen) atoms. The minimum atomic E-state index is -1.42. The molecule has 1 aliphatic heterocycles. The number of rotatable bonds is 3. The van der Waals surface area contributed by atoms with Gasteiger partial charge in [0.05, 0.1) is 17.2 Å². The molecule has 0 aromatic heterocycles. The third-order valence-corrected chi connectivity index (χ3v) is 4.21. The van der Waals surface area contributed by atoms with Crippen molar-refractivity contribution in [2.24, 2.45) is 0 Å². The Morgan fingerprint density at radius 1 is 1.17 bits per heavy atom. The average molecular weight is 367 g/mol. The number of methoxy groups -OCH3 is 1. The summed E-state index contributed by atoms with van der Waals surface area (Å²) in [5, 5.41) is 9.70. The van der Waals surface area contributed by atoms with Crippen LogP contribution in [0.4, 0.5) is 4.79 Å². The quantitative estimate of drug-likeness (QED) is 0.758. The third-order valence-electron chi connectivity index (χ3n) is 3.47. The van der Waals surface area contributed by atoms with E-state index in [9.17, 15) is 4.79 Å². The molecule has 0 amide bonds. The van der Waals surface area contributed by atoms with Crippen molar-refractivity contribution < 1.29 is 24.1 Å². The molecule has 0 aliphatic carbocycles. The zero-order valence-corrected chi connectivity index (χ0v) is 14.0. The second-order valence-electron chi connectivity index (χ2n) is 4.99. The first-order valence-corrected chi connectivity index (χ1v) is 7.65. The Kier molecular flexibility index (Phi) is 4.55. The Hall–Kier alpha value is -2.37. The van der Waals surface area contributed by atoms with Crippen molar-refractivity contribution in [2.45, 2.75) is 6.10 Å². The minimum Gasteiger partial charge on any atom is -0.497 e. The van der Waals surface area contributed by atoms with Crippen LogP contribution in [0.25, 0.3) is 6.08 Å². The lowest BCUT2D eigenvalue weighted by Gasteiger charge is -2.26. The molecular weight excluding hydrogens is 355 g/mol. The number of fused-ring (bicyclic) bond motifs is 1. The van der Waals surface area contributed by atoms with E-state index in [4.69, 9.17) is 42.5 Å². The van der Waals surface area contributed by atoms with E-state index in [1.54, 1.807) is 49.6 Å². The highest BCUT2D eigenvalue weighted by molar-refractivity contribution is 6.42. The Bertz CT molecular complexity index is 832. The van der Waals surface area contributed by atoms with Crippen LogP contribution in [0.1, 0.15) is 17.2 Å². The molecular formula is C17H12Cl2O5. The summed E-state index contributed by atoms with van der Waals surface area (Å²) in [6.07, 6.45) is -0.582. The van der Waals surface area contributed by atoms with Gasteiger partial charge in [0.15, 0.2) is 11.9 Å². The van der Waals surface area contributed by atoms with E-state index in [1.807, 2.05) is 0 Å². The first-order chi connectivity index (χ1) is 11.5. The summed E-state index contributed by atoms with van der Waals surface area (Å²) < 4.78 is 16.0. The summed E-state index contributed by atoms with van der Waals surface area (Å²) in [5.41, 5.74) is 1.30. The van der Waals surface area contributed by atoms with Gasteiger partial charge >= 0.3 is 6.16 Å². The summed E-state index contributed by atoms with van der Waals surface area (Å²) in [7, 11) is 1.55. The molecule has 0 bridgehead atoms. The maximum Gasteiger partial charge on any atom is 0.511 e. The number of carboxylic acid groups (broad SMARTS) is 1. The normalized spacial score (nSPS) is 15.8. The van der Waals surface area contributed by atoms with Crippen molar-refractivity contribution in [1.29, 1.82) is 0 Å². The summed E-state index contributed by atoms with van der Waals surface area (Å²) >= 11 is 12.0. The monoisotopic (exact) mass is 366 g/mol. The van der Waals surface area contributed by atoms with E-state index in [2.05, 4.69) is 0 Å². The van der Waals surface area contributed by atoms with Gasteiger partial charge in [-0.3, -0.25) is 0 Å². The van der Waals surface area contributed by atoms with Gasteiger partial charge in [0.1, 0.15) is 11.5 Å². The van der Waals surface area contributed by atoms with Crippen LogP contribution in [0, 0.1) is 0 Å². The van der Waals surface area contributed by atoms with E-state index in [0.717, 1.165) is 0 Å². The molecule has 124 valence electrons. The molecule has 0 saturated carbocycles. The lowest BCUT2D eigenvalue weighted by Crippen LogP contribution is -2.18. The Balaban J connectivity index is 2.06. The Morgan fingerprint density at radius 2 is 1.96 bits per heavy atom. The van der Waals surface area contributed by atoms with E-state index in [-0.39, 0.29) is 5.76 Å². The first-order valence-electron chi connectivity index (χ1n) is 6.90. The molecule has 2 aromatic rings. The molecule has 1 N–H and O–H groups in total. The third kappa shape index (κ3) is 3.27. The van der Waals surface area contributed by atoms with Crippen LogP contribution in [0.3, 0.4) is 0 Å². The zero-order chi connectivity index (χ0) is 17.3. The van der Waals surface area contributed by atoms with Gasteiger partial charge in [-0.2, -0.15) is 0 Å². The van der Waals surface area contributed by atoms with E-state index in [0.29, 0.717) is 32.7 Å². The van der Waals surface area contributed by atoms with Gasteiger partial charge in [0.25, 0.3) is 0 Å². The molecule has 1 heterocycles. The lowest BCUT2D eigenvalue weighted by molar-refractivity contribution is 0.0899. The molecule has 0 saturated heterocycles. The lowest BCUT2D eigenvalue weighted by atomic mass is 10.0. The van der Waals surface area contributed by atoms with Crippen molar-refractivity contribution in [1.82, 2.24) is 0 Å². The Labute approximate surface area is 148 Å². The number of ether oxygens (including phenoxy) is 3. The molecule has 1 atom stereocenters. The second kappa shape index (κ2) is 6.63. The number of halogens is 2. The number of benzene rings is 2. The highest BCUT2D eigenvalue weighted by Crippen LogP contribution is 2.40. The number of carbonyl (C=O) groups is 1. The number of hydrogen-bond acceptors (Lipinski definition) is 4. The van der Waals surface area contributed by atoms with Crippen molar-refractivity contribution in [3.63, 3.8) is 0 Å². The largest absolute Gasteiger partial charge is 0.511 e. The number of hydrogen-bond donors (Lipinski definition) is 1. The van der Waals surface area contributed by atoms with Crippen LogP contribution in [-0.4, -0.2) is 18.4 Å². The smallest absolute Gasteiger partial charge is 0.497 e. The van der Waals surface area contributed by atoms with E-state index >= 15 is 0 Å². The predicted octanol–water partition coefficient (Wildman–Crippen LogP) is 5.17.